The molecule has 14 nitrogen and oxygen atoms in total. The topological polar surface area (TPSA) is 145 Å². The van der Waals surface area contributed by atoms with Gasteiger partial charge in [0.1, 0.15) is 12.5 Å². The Morgan fingerprint density at radius 3 is 1.83 bits per heavy atom. The summed E-state index contributed by atoms with van der Waals surface area (Å²) in [7, 11) is -3.03. The van der Waals surface area contributed by atoms with Crippen LogP contribution in [0, 0.1) is 5.41 Å². The Bertz CT molecular complexity index is 3070. The lowest BCUT2D eigenvalue weighted by Crippen LogP contribution is -2.66. The van der Waals surface area contributed by atoms with Crippen molar-refractivity contribution in [2.75, 3.05) is 34.7 Å². The van der Waals surface area contributed by atoms with Crippen molar-refractivity contribution in [1.82, 2.24) is 0 Å². The van der Waals surface area contributed by atoms with E-state index in [2.05, 4.69) is 168 Å². The number of carbonyl (C=O) groups excluding carboxylic acids is 2. The van der Waals surface area contributed by atoms with E-state index in [9.17, 15) is 4.79 Å². The van der Waals surface area contributed by atoms with Gasteiger partial charge in [-0.3, -0.25) is 4.79 Å². The van der Waals surface area contributed by atoms with Gasteiger partial charge < -0.3 is 55.9 Å². The molecule has 0 aliphatic carbocycles. The van der Waals surface area contributed by atoms with Crippen LogP contribution >= 0.6 is 0 Å². The van der Waals surface area contributed by atoms with Gasteiger partial charge in [-0.1, -0.05) is 204 Å². The molecule has 4 aromatic carbocycles. The first-order chi connectivity index (χ1) is 44.6. The lowest BCUT2D eigenvalue weighted by Gasteiger charge is -2.49. The Labute approximate surface area is 573 Å². The van der Waals surface area contributed by atoms with Crippen molar-refractivity contribution in [3.8, 4) is 5.75 Å². The van der Waals surface area contributed by atoms with Crippen molar-refractivity contribution in [2.45, 2.75) is 256 Å². The van der Waals surface area contributed by atoms with Crippen molar-refractivity contribution >= 4 is 47.1 Å². The summed E-state index contributed by atoms with van der Waals surface area (Å²) in [6.07, 6.45) is 7.60. The van der Waals surface area contributed by atoms with E-state index in [4.69, 9.17) is 55.9 Å². The molecule has 0 N–H and O–H groups in total. The molecule has 3 saturated heterocycles. The van der Waals surface area contributed by atoms with Crippen LogP contribution in [0.5, 0.6) is 5.75 Å². The van der Waals surface area contributed by atoms with Crippen molar-refractivity contribution in [2.24, 2.45) is 5.41 Å². The van der Waals surface area contributed by atoms with Gasteiger partial charge in [-0.25, -0.2) is 4.79 Å². The zero-order chi connectivity index (χ0) is 69.6. The van der Waals surface area contributed by atoms with Crippen LogP contribution in [0.4, 0.5) is 0 Å². The summed E-state index contributed by atoms with van der Waals surface area (Å²) in [5.74, 6) is -2.17. The predicted octanol–water partition coefficient (Wildman–Crippen LogP) is 16.1. The zero-order valence-corrected chi connectivity index (χ0v) is 64.0. The number of hydrogen-bond acceptors (Lipinski definition) is 14. The van der Waals surface area contributed by atoms with Gasteiger partial charge >= 0.3 is 5.97 Å². The Morgan fingerprint density at radius 2 is 1.26 bits per heavy atom. The van der Waals surface area contributed by atoms with Gasteiger partial charge in [-0.15, -0.1) is 0 Å². The average Bonchev–Trinajstić information content (AvgIpc) is 0.751. The summed E-state index contributed by atoms with van der Waals surface area (Å²) >= 11 is 0. The average molecular weight is 1360 g/mol. The molecule has 3 fully saturated rings. The van der Waals surface area contributed by atoms with Crippen molar-refractivity contribution in [1.29, 1.82) is 0 Å². The molecule has 0 saturated carbocycles. The molecule has 7 rings (SSSR count). The van der Waals surface area contributed by atoms with E-state index in [1.54, 1.807) is 7.11 Å². The van der Waals surface area contributed by atoms with Crippen LogP contribution in [0.3, 0.4) is 0 Å². The summed E-state index contributed by atoms with van der Waals surface area (Å²) in [5, 5.41) is 2.16. The highest BCUT2D eigenvalue weighted by Gasteiger charge is 2.58. The number of hydrogen-bond donors (Lipinski definition) is 0. The lowest BCUT2D eigenvalue weighted by molar-refractivity contribution is -0.279. The summed E-state index contributed by atoms with van der Waals surface area (Å²) in [6, 6.07) is 39.6. The second kappa shape index (κ2) is 33.4. The number of ketones is 1. The van der Waals surface area contributed by atoms with Crippen LogP contribution in [0.15, 0.2) is 151 Å². The molecule has 95 heavy (non-hydrogen) atoms. The Morgan fingerprint density at radius 1 is 0.674 bits per heavy atom. The number of ether oxygens (including phenoxy) is 9. The van der Waals surface area contributed by atoms with Gasteiger partial charge in [0.05, 0.1) is 76.3 Å². The third-order valence-corrected chi connectivity index (χ3v) is 34.6. The quantitative estimate of drug-likeness (QED) is 0.0118. The van der Waals surface area contributed by atoms with Gasteiger partial charge in [0, 0.05) is 56.1 Å². The van der Waals surface area contributed by atoms with Crippen LogP contribution in [-0.4, -0.2) is 132 Å². The van der Waals surface area contributed by atoms with Crippen LogP contribution in [-0.2, 0) is 74.0 Å². The predicted molar refractivity (Wildman–Crippen MR) is 387 cm³/mol. The molecule has 3 aliphatic rings. The number of esters is 1. The van der Waals surface area contributed by atoms with E-state index in [0.717, 1.165) is 35.3 Å². The molecule has 0 unspecified atom stereocenters. The molecule has 0 radical (unpaired) electrons. The van der Waals surface area contributed by atoms with Crippen molar-refractivity contribution in [3.63, 3.8) is 0 Å². The fourth-order valence-corrected chi connectivity index (χ4v) is 20.4. The van der Waals surface area contributed by atoms with Crippen molar-refractivity contribution < 1.29 is 65.5 Å². The summed E-state index contributed by atoms with van der Waals surface area (Å²) < 4.78 is 79.9. The molecule has 3 aliphatic heterocycles. The number of benzene rings is 4. The second-order valence-corrected chi connectivity index (χ2v) is 45.0. The first-order valence-electron chi connectivity index (χ1n) is 34.5. The number of carbonyl (C=O) groups is 2. The normalized spacial score (nSPS) is 23.6. The van der Waals surface area contributed by atoms with E-state index in [1.165, 1.54) is 30.7 Å². The third-order valence-electron chi connectivity index (χ3n) is 20.5. The minimum Gasteiger partial charge on any atom is -0.497 e. The number of Topliss-reactive ketones (excluding diaryl/α,β-unsaturated/α-hetero) is 1. The molecule has 0 spiro atoms. The number of rotatable bonds is 31. The van der Waals surface area contributed by atoms with Gasteiger partial charge in [0.25, 0.3) is 8.32 Å². The van der Waals surface area contributed by atoms with E-state index < -0.39 is 66.2 Å². The highest BCUT2D eigenvalue weighted by atomic mass is 28.4. The molecular formula is C78H116O14Si3. The SMILES string of the molecule is C=C1C[C@@H](C[C@H]2C[C@@H](O[Si](C)(C)C(C)(C)C)C[C@@H](C[C@H](CCO[Si](c3ccccc3)(c3ccccc3)C(C)(C)C)OCc3ccc(OC)cc3)O2)O[C@@H](/C=C/C(C)(C)[C@]2(OC)O[C@H](C[C@@H](O[Si](C)(C)C(C)(C)C)[C@@H](C)OCOCc3ccccc3)C/C(=C\C(=O)OC)C2=O)C1. The van der Waals surface area contributed by atoms with Gasteiger partial charge in [-0.2, -0.15) is 0 Å². The molecule has 524 valence electrons. The summed E-state index contributed by atoms with van der Waals surface area (Å²) in [4.78, 5) is 28.2. The second-order valence-electron chi connectivity index (χ2n) is 31.2. The van der Waals surface area contributed by atoms with Crippen LogP contribution < -0.4 is 15.1 Å². The monoisotopic (exact) mass is 1360 g/mol. The third kappa shape index (κ3) is 20.5. The largest absolute Gasteiger partial charge is 0.497 e. The van der Waals surface area contributed by atoms with E-state index in [1.807, 2.05) is 75.4 Å². The fraction of sp³-hybridized carbons (Fsp3) is 0.590. The van der Waals surface area contributed by atoms with Gasteiger partial charge in [-0.05, 0) is 120 Å². The highest BCUT2D eigenvalue weighted by molar-refractivity contribution is 6.99. The molecule has 10 atom stereocenters. The van der Waals surface area contributed by atoms with Gasteiger partial charge in [0.15, 0.2) is 16.6 Å². The Hall–Kier alpha value is -4.71. The molecule has 0 bridgehead atoms. The Balaban J connectivity index is 1.13. The lowest BCUT2D eigenvalue weighted by atomic mass is 9.74. The minimum absolute atomic E-state index is 0.00138. The number of methoxy groups -OCH3 is 3. The molecular weight excluding hydrogens is 1250 g/mol. The van der Waals surface area contributed by atoms with Crippen LogP contribution in [0.2, 0.25) is 41.3 Å². The summed E-state index contributed by atoms with van der Waals surface area (Å²) in [5.41, 5.74) is 2.29. The van der Waals surface area contributed by atoms with E-state index in [0.29, 0.717) is 58.3 Å². The summed E-state index contributed by atoms with van der Waals surface area (Å²) in [6.45, 7) is 41.3. The van der Waals surface area contributed by atoms with Crippen molar-refractivity contribution in [3.05, 3.63) is 162 Å². The molecule has 4 aromatic rings. The van der Waals surface area contributed by atoms with E-state index in [-0.39, 0.29) is 70.5 Å². The standard InChI is InChI=1S/C78H116O14Si3/c1-56-44-63(40-42-77(12,13)78(83-16)73(80)60(47-72(79)82-15)46-67(90-78)52-71(92-94(19,20)75(6,7)8)57(2)86-55-84-53-58-30-24-21-25-31-58)88-64(45-56)49-66-51-68(91-93(17,18)74(3,4)5)50-65(89-66)48-62(85-54-59-36-38-61(81-14)39-37-59)41-43-87-95(76(9,10)11,69-32-26-22-27-33-69)70-34-28-23-29-35-70/h21-40,42,47,57,62-68,71H,1,41,43-46,48-55H2,2-20H3/b42-40+,60-47+/t57-,62+,63+,64+,65-,66+,67+,68+,71-,78-/m1/s1. The fourth-order valence-electron chi connectivity index (χ4n) is 13.0. The maximum atomic E-state index is 15.1. The molecule has 17 heteroatoms. The highest BCUT2D eigenvalue weighted by Crippen LogP contribution is 2.48. The first-order valence-corrected chi connectivity index (χ1v) is 42.2. The maximum Gasteiger partial charge on any atom is 0.330 e. The zero-order valence-electron chi connectivity index (χ0n) is 61.0. The Kier molecular flexibility index (Phi) is 27.3. The maximum absolute atomic E-state index is 15.1. The minimum atomic E-state index is -2.85. The molecule has 0 amide bonds. The van der Waals surface area contributed by atoms with Crippen LogP contribution in [0.25, 0.3) is 0 Å². The first kappa shape index (κ1) is 77.6. The van der Waals surface area contributed by atoms with E-state index >= 15 is 4.79 Å². The smallest absolute Gasteiger partial charge is 0.330 e. The molecule has 0 aromatic heterocycles. The molecule has 3 heterocycles. The van der Waals surface area contributed by atoms with Gasteiger partial charge in [0.2, 0.25) is 11.6 Å². The van der Waals surface area contributed by atoms with Crippen LogP contribution in [0.1, 0.15) is 152 Å².